The van der Waals surface area contributed by atoms with Crippen LogP contribution in [-0.2, 0) is 13.1 Å². The van der Waals surface area contributed by atoms with E-state index in [0.717, 1.165) is 4.57 Å². The lowest BCUT2D eigenvalue weighted by Crippen LogP contribution is -2.41. The van der Waals surface area contributed by atoms with Gasteiger partial charge in [0.1, 0.15) is 11.2 Å². The molecule has 1 aromatic rings. The Labute approximate surface area is 91.1 Å². The van der Waals surface area contributed by atoms with Gasteiger partial charge in [-0.15, -0.1) is 0 Å². The van der Waals surface area contributed by atoms with Gasteiger partial charge < -0.3 is 0 Å². The fraction of sp³-hybridized carbons (Fsp3) is 0.444. The summed E-state index contributed by atoms with van der Waals surface area (Å²) in [5, 5.41) is 8.68. The molecule has 0 radical (unpaired) electrons. The highest BCUT2D eigenvalue weighted by atomic mass is 35.5. The minimum Gasteiger partial charge on any atom is -0.283 e. The van der Waals surface area contributed by atoms with E-state index >= 15 is 0 Å². The van der Waals surface area contributed by atoms with Crippen LogP contribution in [0.25, 0.3) is 0 Å². The van der Waals surface area contributed by atoms with Crippen molar-refractivity contribution < 1.29 is 0 Å². The number of nitriles is 1. The summed E-state index contributed by atoms with van der Waals surface area (Å²) >= 11 is 5.78. The summed E-state index contributed by atoms with van der Waals surface area (Å²) in [7, 11) is 0. The highest BCUT2D eigenvalue weighted by molar-refractivity contribution is 6.30. The van der Waals surface area contributed by atoms with E-state index in [1.165, 1.54) is 4.57 Å². The van der Waals surface area contributed by atoms with Crippen molar-refractivity contribution in [2.75, 3.05) is 0 Å². The average molecular weight is 228 g/mol. The number of aromatic nitrogens is 2. The summed E-state index contributed by atoms with van der Waals surface area (Å²) in [5.74, 6) is 0. The molecule has 80 valence electrons. The summed E-state index contributed by atoms with van der Waals surface area (Å²) in [6.07, 6.45) is 0. The van der Waals surface area contributed by atoms with Crippen molar-refractivity contribution in [1.82, 2.24) is 9.13 Å². The molecule has 0 fully saturated rings. The molecule has 5 nitrogen and oxygen atoms in total. The zero-order chi connectivity index (χ0) is 11.6. The minimum atomic E-state index is -0.625. The van der Waals surface area contributed by atoms with E-state index in [9.17, 15) is 9.59 Å². The van der Waals surface area contributed by atoms with Gasteiger partial charge in [0.2, 0.25) is 0 Å². The molecule has 6 heteroatoms. The first kappa shape index (κ1) is 11.5. The minimum absolute atomic E-state index is 0.0836. The molecule has 0 aliphatic heterocycles. The maximum absolute atomic E-state index is 11.7. The van der Waals surface area contributed by atoms with E-state index in [4.69, 9.17) is 16.9 Å². The summed E-state index contributed by atoms with van der Waals surface area (Å²) in [6.45, 7) is 3.94. The van der Waals surface area contributed by atoms with Crippen LogP contribution in [0.2, 0.25) is 5.15 Å². The molecule has 15 heavy (non-hydrogen) atoms. The lowest BCUT2D eigenvalue weighted by atomic mass is 10.3. The van der Waals surface area contributed by atoms with Gasteiger partial charge >= 0.3 is 5.69 Å². The summed E-state index contributed by atoms with van der Waals surface area (Å²) in [5.41, 5.74) is -1.28. The second kappa shape index (κ2) is 4.32. The first-order valence-corrected chi connectivity index (χ1v) is 4.89. The van der Waals surface area contributed by atoms with E-state index < -0.39 is 11.2 Å². The number of hydrogen-bond acceptors (Lipinski definition) is 3. The molecular weight excluding hydrogens is 218 g/mol. The van der Waals surface area contributed by atoms with Crippen molar-refractivity contribution in [2.24, 2.45) is 0 Å². The number of rotatable bonds is 2. The fourth-order valence-electron chi connectivity index (χ4n) is 1.32. The van der Waals surface area contributed by atoms with Crippen LogP contribution >= 0.6 is 11.6 Å². The van der Waals surface area contributed by atoms with Crippen LogP contribution < -0.4 is 11.2 Å². The molecule has 0 saturated carbocycles. The van der Waals surface area contributed by atoms with Crippen molar-refractivity contribution >= 4 is 11.6 Å². The Morgan fingerprint density at radius 3 is 2.20 bits per heavy atom. The molecular formula is C9H10ClN3O2. The molecule has 0 aliphatic rings. The predicted molar refractivity (Wildman–Crippen MR) is 56.0 cm³/mol. The third-order valence-corrected chi connectivity index (χ3v) is 2.50. The molecule has 0 N–H and O–H groups in total. The van der Waals surface area contributed by atoms with Gasteiger partial charge in [-0.3, -0.25) is 13.9 Å². The maximum atomic E-state index is 11.7. The van der Waals surface area contributed by atoms with Crippen molar-refractivity contribution in [3.63, 3.8) is 0 Å². The lowest BCUT2D eigenvalue weighted by Gasteiger charge is -2.09. The largest absolute Gasteiger partial charge is 0.332 e. The molecule has 0 atom stereocenters. The molecule has 0 bridgehead atoms. The van der Waals surface area contributed by atoms with E-state index in [-0.39, 0.29) is 17.3 Å². The van der Waals surface area contributed by atoms with Gasteiger partial charge in [0.15, 0.2) is 5.56 Å². The van der Waals surface area contributed by atoms with E-state index in [0.29, 0.717) is 6.54 Å². The molecule has 0 spiro atoms. The second-order valence-corrected chi connectivity index (χ2v) is 3.21. The molecule has 1 heterocycles. The van der Waals surface area contributed by atoms with Crippen LogP contribution in [0.5, 0.6) is 0 Å². The number of hydrogen-bond donors (Lipinski definition) is 0. The van der Waals surface area contributed by atoms with E-state index in [1.807, 2.05) is 0 Å². The van der Waals surface area contributed by atoms with Gasteiger partial charge in [-0.2, -0.15) is 5.26 Å². The van der Waals surface area contributed by atoms with Crippen molar-refractivity contribution in [2.45, 2.75) is 26.9 Å². The quantitative estimate of drug-likeness (QED) is 0.694. The maximum Gasteiger partial charge on any atom is 0.332 e. The van der Waals surface area contributed by atoms with Crippen LogP contribution in [0.3, 0.4) is 0 Å². The Kier molecular flexibility index (Phi) is 3.32. The molecule has 0 saturated heterocycles. The van der Waals surface area contributed by atoms with Crippen molar-refractivity contribution in [3.8, 4) is 6.07 Å². The molecule has 0 aromatic carbocycles. The normalized spacial score (nSPS) is 10.0. The van der Waals surface area contributed by atoms with Gasteiger partial charge in [-0.05, 0) is 13.8 Å². The highest BCUT2D eigenvalue weighted by Gasteiger charge is 2.15. The van der Waals surface area contributed by atoms with Gasteiger partial charge in [0, 0.05) is 13.1 Å². The SMILES string of the molecule is CCn1c(Cl)c(C#N)c(=O)n(CC)c1=O. The van der Waals surface area contributed by atoms with Gasteiger partial charge in [-0.25, -0.2) is 4.79 Å². The van der Waals surface area contributed by atoms with Crippen LogP contribution in [0.15, 0.2) is 9.59 Å². The van der Waals surface area contributed by atoms with Crippen LogP contribution in [-0.4, -0.2) is 9.13 Å². The predicted octanol–water partition coefficient (Wildman–Crippen LogP) is 0.575. The Morgan fingerprint density at radius 1 is 1.27 bits per heavy atom. The molecule has 0 amide bonds. The fourth-order valence-corrected chi connectivity index (χ4v) is 1.64. The highest BCUT2D eigenvalue weighted by Crippen LogP contribution is 2.08. The Bertz CT molecular complexity index is 536. The zero-order valence-electron chi connectivity index (χ0n) is 8.45. The lowest BCUT2D eigenvalue weighted by molar-refractivity contribution is 0.586. The van der Waals surface area contributed by atoms with Crippen molar-refractivity contribution in [1.29, 1.82) is 5.26 Å². The average Bonchev–Trinajstić information content (AvgIpc) is 2.19. The Hall–Kier alpha value is -1.54. The van der Waals surface area contributed by atoms with Crippen LogP contribution in [0, 0.1) is 11.3 Å². The summed E-state index contributed by atoms with van der Waals surface area (Å²) in [4.78, 5) is 23.3. The standard InChI is InChI=1S/C9H10ClN3O2/c1-3-12-7(10)6(5-11)8(14)13(4-2)9(12)15/h3-4H2,1-2H3. The molecule has 1 aromatic heterocycles. The number of halogens is 1. The molecule has 0 aliphatic carbocycles. The van der Waals surface area contributed by atoms with Gasteiger partial charge in [0.05, 0.1) is 0 Å². The smallest absolute Gasteiger partial charge is 0.283 e. The van der Waals surface area contributed by atoms with Gasteiger partial charge in [-0.1, -0.05) is 11.6 Å². The van der Waals surface area contributed by atoms with Crippen LogP contribution in [0.1, 0.15) is 19.4 Å². The van der Waals surface area contributed by atoms with E-state index in [2.05, 4.69) is 0 Å². The third-order valence-electron chi connectivity index (χ3n) is 2.11. The second-order valence-electron chi connectivity index (χ2n) is 2.85. The van der Waals surface area contributed by atoms with Crippen LogP contribution in [0.4, 0.5) is 0 Å². The summed E-state index contributed by atoms with van der Waals surface area (Å²) < 4.78 is 2.19. The Morgan fingerprint density at radius 2 is 1.80 bits per heavy atom. The first-order chi connectivity index (χ1) is 7.08. The topological polar surface area (TPSA) is 67.8 Å². The monoisotopic (exact) mass is 227 g/mol. The van der Waals surface area contributed by atoms with E-state index in [1.54, 1.807) is 19.9 Å². The molecule has 1 rings (SSSR count). The van der Waals surface area contributed by atoms with Gasteiger partial charge in [0.25, 0.3) is 5.56 Å². The number of nitrogens with zero attached hydrogens (tertiary/aromatic N) is 3. The third kappa shape index (κ3) is 1.68. The van der Waals surface area contributed by atoms with Crippen molar-refractivity contribution in [3.05, 3.63) is 31.6 Å². The Balaban J connectivity index is 3.84. The molecule has 0 unspecified atom stereocenters. The first-order valence-electron chi connectivity index (χ1n) is 4.51. The summed E-state index contributed by atoms with van der Waals surface area (Å²) in [6, 6.07) is 1.72. The zero-order valence-corrected chi connectivity index (χ0v) is 9.21.